The zero-order valence-corrected chi connectivity index (χ0v) is 11.7. The van der Waals surface area contributed by atoms with Gasteiger partial charge in [-0.05, 0) is 0 Å². The van der Waals surface area contributed by atoms with E-state index in [-0.39, 0.29) is 6.61 Å². The Bertz CT molecular complexity index is 363. The fourth-order valence-electron chi connectivity index (χ4n) is 1.27. The van der Waals surface area contributed by atoms with Crippen molar-refractivity contribution in [2.75, 3.05) is 6.61 Å². The van der Waals surface area contributed by atoms with Gasteiger partial charge in [0.05, 0.1) is 18.5 Å². The molecular weight excluding hydrogens is 306 g/mol. The van der Waals surface area contributed by atoms with Gasteiger partial charge in [0.2, 0.25) is 3.79 Å². The van der Waals surface area contributed by atoms with Gasteiger partial charge in [-0.2, -0.15) is 0 Å². The lowest BCUT2D eigenvalue weighted by atomic mass is 10.1. The molecule has 94 valence electrons. The lowest BCUT2D eigenvalue weighted by molar-refractivity contribution is -0.178. The van der Waals surface area contributed by atoms with E-state index >= 15 is 0 Å². The first-order valence-electron chi connectivity index (χ1n) is 4.65. The van der Waals surface area contributed by atoms with Gasteiger partial charge in [-0.3, -0.25) is 0 Å². The second kappa shape index (κ2) is 6.28. The second-order valence-corrected chi connectivity index (χ2v) is 5.59. The largest absolute Gasteiger partial charge is 0.337 e. The molecule has 1 aromatic rings. The van der Waals surface area contributed by atoms with Gasteiger partial charge in [0.1, 0.15) is 0 Å². The van der Waals surface area contributed by atoms with Crippen LogP contribution in [0.4, 0.5) is 0 Å². The molecule has 0 spiro atoms. The number of ether oxygens (including phenoxy) is 1. The highest BCUT2D eigenvalue weighted by molar-refractivity contribution is 6.68. The normalized spacial score (nSPS) is 15.3. The topological polar surface area (TPSA) is 18.5 Å². The number of hydrogen-bond donors (Lipinski definition) is 0. The maximum Gasteiger partial charge on any atom is 0.261 e. The van der Waals surface area contributed by atoms with E-state index in [1.807, 2.05) is 6.07 Å². The summed E-state index contributed by atoms with van der Waals surface area (Å²) < 4.78 is 8.32. The van der Waals surface area contributed by atoms with Crippen LogP contribution in [0.3, 0.4) is 0 Å². The first-order chi connectivity index (χ1) is 7.98. The van der Waals surface area contributed by atoms with Crippen LogP contribution in [0.15, 0.2) is 43.0 Å². The van der Waals surface area contributed by atoms with Crippen molar-refractivity contribution in [2.45, 2.75) is 9.58 Å². The molecule has 1 rings (SSSR count). The fraction of sp³-hybridized carbons (Fsp3) is 0.273. The molecule has 6 heteroatoms. The molecule has 0 aliphatic rings. The van der Waals surface area contributed by atoms with Gasteiger partial charge in [-0.15, -0.1) is 6.58 Å². The van der Waals surface area contributed by atoms with Crippen LogP contribution in [0.1, 0.15) is 5.56 Å². The first-order valence-corrected chi connectivity index (χ1v) is 6.09. The zero-order chi connectivity index (χ0) is 12.9. The van der Waals surface area contributed by atoms with E-state index in [0.29, 0.717) is 5.56 Å². The lowest BCUT2D eigenvalue weighted by Crippen LogP contribution is -2.43. The molecule has 0 saturated heterocycles. The zero-order valence-electron chi connectivity index (χ0n) is 8.71. The molecule has 0 aliphatic heterocycles. The van der Waals surface area contributed by atoms with Crippen molar-refractivity contribution in [3.05, 3.63) is 48.6 Å². The first kappa shape index (κ1) is 15.1. The van der Waals surface area contributed by atoms with Gasteiger partial charge in [0, 0.05) is 5.56 Å². The number of alkyl halides is 3. The minimum absolute atomic E-state index is 0.121. The van der Waals surface area contributed by atoms with Gasteiger partial charge < -0.3 is 4.74 Å². The maximum absolute atomic E-state index is 5.89. The third kappa shape index (κ3) is 3.28. The highest BCUT2D eigenvalue weighted by atomic mass is 35.6. The Kier molecular flexibility index (Phi) is 5.58. The predicted octanol–water partition coefficient (Wildman–Crippen LogP) is 4.58. The summed E-state index contributed by atoms with van der Waals surface area (Å²) in [6.45, 7) is 3.64. The van der Waals surface area contributed by atoms with Crippen molar-refractivity contribution in [1.82, 2.24) is 0 Å². The molecule has 0 aliphatic carbocycles. The van der Waals surface area contributed by atoms with Gasteiger partial charge in [-0.1, -0.05) is 71.2 Å². The molecule has 0 N–H and O–H groups in total. The van der Waals surface area contributed by atoms with Crippen LogP contribution in [0.25, 0.3) is 0 Å². The average molecular weight is 316 g/mol. The Morgan fingerprint density at radius 2 is 1.76 bits per heavy atom. The van der Waals surface area contributed by atoms with Gasteiger partial charge in [0.15, 0.2) is 0 Å². The van der Waals surface area contributed by atoms with E-state index in [4.69, 9.17) is 55.7 Å². The smallest absolute Gasteiger partial charge is 0.261 e. The third-order valence-corrected chi connectivity index (χ3v) is 3.00. The highest BCUT2D eigenvalue weighted by Gasteiger charge is 2.53. The maximum atomic E-state index is 5.89. The fourth-order valence-corrected chi connectivity index (χ4v) is 2.25. The average Bonchev–Trinajstić information content (AvgIpc) is 2.30. The lowest BCUT2D eigenvalue weighted by Gasteiger charge is -2.36. The van der Waals surface area contributed by atoms with Crippen LogP contribution in [-0.2, 0) is 14.8 Å². The van der Waals surface area contributed by atoms with Crippen molar-refractivity contribution in [3.63, 3.8) is 0 Å². The summed E-state index contributed by atoms with van der Waals surface area (Å²) in [6.07, 6.45) is 1.50. The number of halogens is 4. The molecule has 0 bridgehead atoms. The van der Waals surface area contributed by atoms with Crippen molar-refractivity contribution >= 4 is 46.7 Å². The van der Waals surface area contributed by atoms with Gasteiger partial charge in [0.25, 0.3) is 5.79 Å². The van der Waals surface area contributed by atoms with Crippen LogP contribution >= 0.6 is 46.7 Å². The van der Waals surface area contributed by atoms with Crippen LogP contribution in [-0.4, -0.2) is 10.4 Å². The van der Waals surface area contributed by atoms with E-state index in [1.54, 1.807) is 24.3 Å². The molecule has 0 amide bonds. The Hall–Kier alpha value is 0.0400. The van der Waals surface area contributed by atoms with E-state index in [9.17, 15) is 0 Å². The number of rotatable bonds is 5. The quantitative estimate of drug-likeness (QED) is 0.450. The van der Waals surface area contributed by atoms with Crippen molar-refractivity contribution in [3.8, 4) is 0 Å². The molecule has 0 radical (unpaired) electrons. The van der Waals surface area contributed by atoms with E-state index < -0.39 is 9.58 Å². The second-order valence-electron chi connectivity index (χ2n) is 3.16. The summed E-state index contributed by atoms with van der Waals surface area (Å²) in [6, 6.07) is 8.70. The van der Waals surface area contributed by atoms with Crippen molar-refractivity contribution < 1.29 is 9.03 Å². The SMILES string of the molecule is C=CCOC(OCl)(c1ccccc1)C(Cl)(Cl)Cl. The molecule has 0 saturated carbocycles. The summed E-state index contributed by atoms with van der Waals surface area (Å²) in [5.74, 6) is -1.69. The molecular formula is C11H10Cl4O2. The van der Waals surface area contributed by atoms with Crippen LogP contribution < -0.4 is 0 Å². The molecule has 17 heavy (non-hydrogen) atoms. The molecule has 2 nitrogen and oxygen atoms in total. The van der Waals surface area contributed by atoms with E-state index in [1.165, 1.54) is 6.08 Å². The van der Waals surface area contributed by atoms with Crippen molar-refractivity contribution in [1.29, 1.82) is 0 Å². The summed E-state index contributed by atoms with van der Waals surface area (Å²) in [5, 5.41) is 0. The number of benzene rings is 1. The van der Waals surface area contributed by atoms with Crippen molar-refractivity contribution in [2.24, 2.45) is 0 Å². The van der Waals surface area contributed by atoms with Gasteiger partial charge in [-0.25, -0.2) is 4.29 Å². The standard InChI is InChI=1S/C11H10Cl4O2/c1-2-8-16-10(17-15,11(12,13)14)9-6-4-3-5-7-9/h2-7H,1,8H2. The van der Waals surface area contributed by atoms with Crippen LogP contribution in [0.2, 0.25) is 0 Å². The van der Waals surface area contributed by atoms with Crippen LogP contribution in [0.5, 0.6) is 0 Å². The monoisotopic (exact) mass is 314 g/mol. The Morgan fingerprint density at radius 1 is 1.18 bits per heavy atom. The highest BCUT2D eigenvalue weighted by Crippen LogP contribution is 2.49. The molecule has 0 aromatic heterocycles. The summed E-state index contributed by atoms with van der Waals surface area (Å²) in [7, 11) is 0. The minimum Gasteiger partial charge on any atom is -0.337 e. The van der Waals surface area contributed by atoms with E-state index in [0.717, 1.165) is 0 Å². The van der Waals surface area contributed by atoms with Gasteiger partial charge >= 0.3 is 0 Å². The Balaban J connectivity index is 3.21. The third-order valence-electron chi connectivity index (χ3n) is 2.04. The van der Waals surface area contributed by atoms with Crippen LogP contribution in [0, 0.1) is 0 Å². The molecule has 0 fully saturated rings. The molecule has 1 unspecified atom stereocenters. The summed E-state index contributed by atoms with van der Waals surface area (Å²) in [4.78, 5) is 0. The Morgan fingerprint density at radius 3 is 2.18 bits per heavy atom. The van der Waals surface area contributed by atoms with E-state index in [2.05, 4.69) is 6.58 Å². The molecule has 1 aromatic carbocycles. The molecule has 0 heterocycles. The number of hydrogen-bond acceptors (Lipinski definition) is 2. The minimum atomic E-state index is -1.89. The summed E-state index contributed by atoms with van der Waals surface area (Å²) >= 11 is 23.1. The predicted molar refractivity (Wildman–Crippen MR) is 71.5 cm³/mol. The Labute approximate surface area is 120 Å². The molecule has 1 atom stereocenters. The summed E-state index contributed by atoms with van der Waals surface area (Å²) in [5.41, 5.74) is 0.497.